The SMILES string of the molecule is Cc1ccn(C2CC(O)CCC2C(F)(F)F)c(=O)n1. The number of aliphatic hydroxyl groups excluding tert-OH is 1. The predicted octanol–water partition coefficient (Wildman–Crippen LogP) is 1.82. The minimum atomic E-state index is -4.38. The van der Waals surface area contributed by atoms with Gasteiger partial charge in [-0.1, -0.05) is 0 Å². The van der Waals surface area contributed by atoms with Crippen LogP contribution in [-0.4, -0.2) is 26.9 Å². The zero-order chi connectivity index (χ0) is 14.2. The van der Waals surface area contributed by atoms with Gasteiger partial charge in [0, 0.05) is 11.9 Å². The molecule has 7 heteroatoms. The largest absolute Gasteiger partial charge is 0.393 e. The van der Waals surface area contributed by atoms with Crippen LogP contribution in [0.5, 0.6) is 0 Å². The molecule has 19 heavy (non-hydrogen) atoms. The van der Waals surface area contributed by atoms with E-state index in [2.05, 4.69) is 4.98 Å². The minimum absolute atomic E-state index is 0.0746. The van der Waals surface area contributed by atoms with Crippen LogP contribution in [-0.2, 0) is 0 Å². The average Bonchev–Trinajstić information content (AvgIpc) is 2.27. The van der Waals surface area contributed by atoms with E-state index in [-0.39, 0.29) is 19.3 Å². The smallest absolute Gasteiger partial charge is 0.393 e. The first kappa shape index (κ1) is 14.0. The lowest BCUT2D eigenvalue weighted by molar-refractivity contribution is -0.199. The normalized spacial score (nSPS) is 28.4. The molecule has 106 valence electrons. The van der Waals surface area contributed by atoms with Crippen molar-refractivity contribution in [2.75, 3.05) is 0 Å². The van der Waals surface area contributed by atoms with Gasteiger partial charge in [-0.25, -0.2) is 4.79 Å². The van der Waals surface area contributed by atoms with Crippen LogP contribution < -0.4 is 5.69 Å². The number of aliphatic hydroxyl groups is 1. The molecule has 1 fully saturated rings. The highest BCUT2D eigenvalue weighted by Gasteiger charge is 2.48. The molecule has 1 N–H and O–H groups in total. The van der Waals surface area contributed by atoms with Crippen LogP contribution in [0.3, 0.4) is 0 Å². The van der Waals surface area contributed by atoms with Crippen LogP contribution in [0.4, 0.5) is 13.2 Å². The van der Waals surface area contributed by atoms with Gasteiger partial charge in [0.05, 0.1) is 18.1 Å². The highest BCUT2D eigenvalue weighted by molar-refractivity contribution is 4.99. The van der Waals surface area contributed by atoms with Gasteiger partial charge in [-0.2, -0.15) is 18.2 Å². The Morgan fingerprint density at radius 3 is 2.68 bits per heavy atom. The van der Waals surface area contributed by atoms with Gasteiger partial charge in [-0.05, 0) is 32.3 Å². The monoisotopic (exact) mass is 276 g/mol. The summed E-state index contributed by atoms with van der Waals surface area (Å²) in [5.74, 6) is -1.61. The van der Waals surface area contributed by atoms with E-state index < -0.39 is 29.9 Å². The zero-order valence-corrected chi connectivity index (χ0v) is 10.4. The van der Waals surface area contributed by atoms with Crippen LogP contribution in [0.2, 0.25) is 0 Å². The first-order chi connectivity index (χ1) is 8.79. The Kier molecular flexibility index (Phi) is 3.66. The predicted molar refractivity (Wildman–Crippen MR) is 61.7 cm³/mol. The molecule has 1 aromatic rings. The molecule has 1 saturated carbocycles. The second-order valence-electron chi connectivity index (χ2n) is 4.94. The number of aromatic nitrogens is 2. The van der Waals surface area contributed by atoms with Crippen LogP contribution in [0.25, 0.3) is 0 Å². The molecule has 0 bridgehead atoms. The summed E-state index contributed by atoms with van der Waals surface area (Å²) in [5.41, 5.74) is -0.241. The highest BCUT2D eigenvalue weighted by atomic mass is 19.4. The fraction of sp³-hybridized carbons (Fsp3) is 0.667. The summed E-state index contributed by atoms with van der Waals surface area (Å²) in [6, 6.07) is 0.417. The summed E-state index contributed by atoms with van der Waals surface area (Å²) >= 11 is 0. The van der Waals surface area contributed by atoms with Crippen LogP contribution in [0.15, 0.2) is 17.1 Å². The van der Waals surface area contributed by atoms with Crippen LogP contribution >= 0.6 is 0 Å². The topological polar surface area (TPSA) is 55.1 Å². The Bertz CT molecular complexity index is 512. The minimum Gasteiger partial charge on any atom is -0.393 e. The standard InChI is InChI=1S/C12H15F3N2O2/c1-7-4-5-17(11(19)16-7)10-6-8(18)2-3-9(10)12(13,14)15/h4-5,8-10,18H,2-3,6H2,1H3. The summed E-state index contributed by atoms with van der Waals surface area (Å²) in [5, 5.41) is 9.57. The van der Waals surface area contributed by atoms with E-state index in [0.717, 1.165) is 4.57 Å². The molecule has 1 heterocycles. The van der Waals surface area contributed by atoms with E-state index in [0.29, 0.717) is 5.69 Å². The van der Waals surface area contributed by atoms with E-state index >= 15 is 0 Å². The number of rotatable bonds is 1. The highest BCUT2D eigenvalue weighted by Crippen LogP contribution is 2.43. The summed E-state index contributed by atoms with van der Waals surface area (Å²) in [6.45, 7) is 1.60. The number of hydrogen-bond acceptors (Lipinski definition) is 3. The Hall–Kier alpha value is -1.37. The lowest BCUT2D eigenvalue weighted by atomic mass is 9.82. The first-order valence-electron chi connectivity index (χ1n) is 6.09. The van der Waals surface area contributed by atoms with E-state index in [1.807, 2.05) is 0 Å². The van der Waals surface area contributed by atoms with Crippen molar-refractivity contribution in [3.8, 4) is 0 Å². The quantitative estimate of drug-likeness (QED) is 0.851. The Balaban J connectivity index is 2.40. The molecule has 0 radical (unpaired) electrons. The van der Waals surface area contributed by atoms with Crippen molar-refractivity contribution in [3.63, 3.8) is 0 Å². The molecule has 4 nitrogen and oxygen atoms in total. The van der Waals surface area contributed by atoms with E-state index in [1.54, 1.807) is 6.92 Å². The van der Waals surface area contributed by atoms with Gasteiger partial charge in [-0.15, -0.1) is 0 Å². The number of alkyl halides is 3. The summed E-state index contributed by atoms with van der Waals surface area (Å²) in [4.78, 5) is 15.4. The fourth-order valence-corrected chi connectivity index (χ4v) is 2.56. The molecule has 0 saturated heterocycles. The van der Waals surface area contributed by atoms with E-state index in [9.17, 15) is 23.1 Å². The third kappa shape index (κ3) is 2.97. The Morgan fingerprint density at radius 1 is 1.42 bits per heavy atom. The molecule has 1 aliphatic rings. The van der Waals surface area contributed by atoms with Gasteiger partial charge in [0.2, 0.25) is 0 Å². The molecule has 1 aliphatic carbocycles. The molecule has 3 atom stereocenters. The zero-order valence-electron chi connectivity index (χ0n) is 10.4. The third-order valence-corrected chi connectivity index (χ3v) is 3.54. The van der Waals surface area contributed by atoms with Gasteiger partial charge < -0.3 is 5.11 Å². The van der Waals surface area contributed by atoms with Gasteiger partial charge in [-0.3, -0.25) is 4.57 Å². The summed E-state index contributed by atoms with van der Waals surface area (Å²) in [7, 11) is 0. The van der Waals surface area contributed by atoms with Gasteiger partial charge >= 0.3 is 11.9 Å². The maximum Gasteiger partial charge on any atom is 0.393 e. The molecule has 0 amide bonds. The van der Waals surface area contributed by atoms with Crippen molar-refractivity contribution in [1.82, 2.24) is 9.55 Å². The lowest BCUT2D eigenvalue weighted by Crippen LogP contribution is -2.42. The number of hydrogen-bond donors (Lipinski definition) is 1. The maximum atomic E-state index is 13.0. The second-order valence-corrected chi connectivity index (χ2v) is 4.94. The van der Waals surface area contributed by atoms with Gasteiger partial charge in [0.1, 0.15) is 0 Å². The Labute approximate surface area is 107 Å². The maximum absolute atomic E-state index is 13.0. The first-order valence-corrected chi connectivity index (χ1v) is 6.09. The average molecular weight is 276 g/mol. The molecule has 0 aromatic carbocycles. The molecular weight excluding hydrogens is 261 g/mol. The van der Waals surface area contributed by atoms with Crippen LogP contribution in [0, 0.1) is 12.8 Å². The molecule has 0 spiro atoms. The number of halogens is 3. The van der Waals surface area contributed by atoms with Crippen LogP contribution in [0.1, 0.15) is 31.0 Å². The van der Waals surface area contributed by atoms with Crippen molar-refractivity contribution in [2.45, 2.75) is 44.5 Å². The molecule has 2 rings (SSSR count). The molecule has 0 aliphatic heterocycles. The van der Waals surface area contributed by atoms with Crippen molar-refractivity contribution in [3.05, 3.63) is 28.4 Å². The Morgan fingerprint density at radius 2 is 2.11 bits per heavy atom. The van der Waals surface area contributed by atoms with Crippen molar-refractivity contribution in [2.24, 2.45) is 5.92 Å². The number of nitrogens with zero attached hydrogens (tertiary/aromatic N) is 2. The second kappa shape index (κ2) is 4.96. The summed E-state index contributed by atoms with van der Waals surface area (Å²) < 4.78 is 40.0. The third-order valence-electron chi connectivity index (χ3n) is 3.54. The molecular formula is C12H15F3N2O2. The fourth-order valence-electron chi connectivity index (χ4n) is 2.56. The van der Waals surface area contributed by atoms with Gasteiger partial charge in [0.15, 0.2) is 0 Å². The van der Waals surface area contributed by atoms with E-state index in [4.69, 9.17) is 0 Å². The van der Waals surface area contributed by atoms with Crippen molar-refractivity contribution < 1.29 is 18.3 Å². The summed E-state index contributed by atoms with van der Waals surface area (Å²) in [6.07, 6.45) is -4.00. The molecule has 1 aromatic heterocycles. The van der Waals surface area contributed by atoms with Crippen molar-refractivity contribution >= 4 is 0 Å². The molecule has 3 unspecified atom stereocenters. The van der Waals surface area contributed by atoms with Crippen molar-refractivity contribution in [1.29, 1.82) is 0 Å². The number of aryl methyl sites for hydroxylation is 1. The van der Waals surface area contributed by atoms with E-state index in [1.165, 1.54) is 12.3 Å². The lowest BCUT2D eigenvalue weighted by Gasteiger charge is -2.36. The van der Waals surface area contributed by atoms with Gasteiger partial charge in [0.25, 0.3) is 0 Å².